The zero-order valence-electron chi connectivity index (χ0n) is 39.4. The van der Waals surface area contributed by atoms with Crippen molar-refractivity contribution in [2.75, 3.05) is 26.4 Å². The molecule has 20 N–H and O–H groups in total. The molecule has 4 saturated heterocycles. The summed E-state index contributed by atoms with van der Waals surface area (Å²) in [6, 6.07) is 0. The van der Waals surface area contributed by atoms with Crippen LogP contribution in [0.4, 0.5) is 0 Å². The Bertz CT molecular complexity index is 1960. The van der Waals surface area contributed by atoms with Crippen molar-refractivity contribution < 1.29 is 140 Å². The van der Waals surface area contributed by atoms with Crippen LogP contribution in [-0.2, 0) is 38.1 Å². The number of ketones is 4. The third-order valence-corrected chi connectivity index (χ3v) is 15.5. The first kappa shape index (κ1) is 61.0. The summed E-state index contributed by atoms with van der Waals surface area (Å²) >= 11 is 0. The molecule has 0 bridgehead atoms. The number of carbonyl (C=O) groups excluding carboxylic acids is 4. The number of aliphatic hydroxyl groups excluding tert-OH is 12. The summed E-state index contributed by atoms with van der Waals surface area (Å²) in [6.07, 6.45) is -33.3. The lowest BCUT2D eigenvalue weighted by atomic mass is 9.54. The van der Waals surface area contributed by atoms with Gasteiger partial charge in [0.05, 0.1) is 26.4 Å². The molecular weight excluding hydrogens is 964 g/mol. The number of hydrogen-bond donors (Lipinski definition) is 20. The Labute approximate surface area is 404 Å². The Kier molecular flexibility index (Phi) is 18.2. The van der Waals surface area contributed by atoms with Crippen LogP contribution >= 0.6 is 0 Å². The molecule has 0 aromatic rings. The van der Waals surface area contributed by atoms with Gasteiger partial charge in [0, 0.05) is 23.7 Å². The predicted molar refractivity (Wildman–Crippen MR) is 227 cm³/mol. The molecule has 4 unspecified atom stereocenters. The molecule has 410 valence electrons. The first-order chi connectivity index (χ1) is 32.6. The Morgan fingerprint density at radius 3 is 1.10 bits per heavy atom. The van der Waals surface area contributed by atoms with E-state index in [9.17, 15) is 121 Å². The van der Waals surface area contributed by atoms with Gasteiger partial charge in [-0.2, -0.15) is 0 Å². The van der Waals surface area contributed by atoms with E-state index in [2.05, 4.69) is 6.58 Å². The highest BCUT2D eigenvalue weighted by molar-refractivity contribution is 5.89. The Morgan fingerprint density at radius 2 is 0.775 bits per heavy atom. The van der Waals surface area contributed by atoms with Gasteiger partial charge in [-0.15, -0.1) is 6.58 Å². The molecule has 28 heteroatoms. The Balaban J connectivity index is 2.41. The lowest BCUT2D eigenvalue weighted by Crippen LogP contribution is -2.85. The quantitative estimate of drug-likeness (QED) is 0.0398. The molecule has 4 heterocycles. The zero-order valence-corrected chi connectivity index (χ0v) is 39.4. The average molecular weight is 1040 g/mol. The van der Waals surface area contributed by atoms with E-state index in [-0.39, 0.29) is 12.8 Å². The summed E-state index contributed by atoms with van der Waals surface area (Å²) in [6.45, 7) is 0.249. The maximum Gasteiger partial charge on any atom is 0.209 e. The van der Waals surface area contributed by atoms with E-state index < -0.39 is 205 Å². The van der Waals surface area contributed by atoms with Crippen molar-refractivity contribution in [1.82, 2.24) is 0 Å². The van der Waals surface area contributed by atoms with Crippen LogP contribution in [0.5, 0.6) is 0 Å². The van der Waals surface area contributed by atoms with Gasteiger partial charge in [-0.1, -0.05) is 13.0 Å². The van der Waals surface area contributed by atoms with Crippen molar-refractivity contribution in [3.8, 4) is 0 Å². The lowest BCUT2D eigenvalue weighted by Gasteiger charge is -2.64. The summed E-state index contributed by atoms with van der Waals surface area (Å²) in [4.78, 5) is 55.2. The van der Waals surface area contributed by atoms with Gasteiger partial charge in [-0.05, 0) is 53.4 Å². The number of unbranched alkanes of at least 4 members (excludes halogenated alkanes) is 1. The highest BCUT2D eigenvalue weighted by Crippen LogP contribution is 2.60. The van der Waals surface area contributed by atoms with Gasteiger partial charge in [0.25, 0.3) is 0 Å². The molecule has 4 aliphatic heterocycles. The van der Waals surface area contributed by atoms with Crippen LogP contribution in [0.3, 0.4) is 0 Å². The fourth-order valence-electron chi connectivity index (χ4n) is 11.2. The standard InChI is InChI=1S/C43H70O28/c1-7-8-9-10-21(41(65)37(61,18(4)49)33(57)29(53)24(13-45)69-41)11-22(42(66)38(62,19(5)50)34(58)30(54)25(14-46)70-42)27(43(67)39(63,20(6)51)35(59)31(55)26(15-47)71-43)16(2)40(64)36(60,17(3)48)32(56)28(52)23(12-44)68-40/h7,16,21-35,44-47,52-67H,1,8-15H2,2-6H3/t16?,21?,22?,23-,24-,25-,26-,27?,28-,29-,30-,31-,32+,33+,34+,35+,36+,37+,38+,39+,40-,41-,42-,43-/m1/s1. The van der Waals surface area contributed by atoms with Crippen molar-refractivity contribution in [3.05, 3.63) is 12.7 Å². The van der Waals surface area contributed by atoms with Gasteiger partial charge in [-0.3, -0.25) is 19.2 Å². The topological polar surface area (TPSA) is 510 Å². The molecule has 0 spiro atoms. The fraction of sp³-hybridized carbons (Fsp3) is 0.860. The first-order valence-corrected chi connectivity index (χ1v) is 22.6. The molecule has 0 amide bonds. The number of allylic oxidation sites excluding steroid dienone is 1. The average Bonchev–Trinajstić information content (AvgIpc) is 3.32. The third kappa shape index (κ3) is 8.68. The van der Waals surface area contributed by atoms with E-state index in [0.29, 0.717) is 34.6 Å². The number of rotatable bonds is 20. The van der Waals surface area contributed by atoms with Crippen LogP contribution in [0.1, 0.15) is 60.3 Å². The van der Waals surface area contributed by atoms with Gasteiger partial charge >= 0.3 is 0 Å². The zero-order chi connectivity index (χ0) is 54.7. The molecule has 71 heavy (non-hydrogen) atoms. The second-order valence-corrected chi connectivity index (χ2v) is 19.2. The molecule has 4 rings (SSSR count). The molecule has 0 saturated carbocycles. The molecule has 0 aromatic heterocycles. The number of aliphatic hydroxyl groups is 20. The smallest absolute Gasteiger partial charge is 0.209 e. The lowest BCUT2D eigenvalue weighted by molar-refractivity contribution is -0.458. The first-order valence-electron chi connectivity index (χ1n) is 22.6. The summed E-state index contributed by atoms with van der Waals surface area (Å²) in [5.74, 6) is -35.8. The monoisotopic (exact) mass is 1030 g/mol. The molecular formula is C43H70O28. The van der Waals surface area contributed by atoms with Crippen molar-refractivity contribution >= 4 is 23.1 Å². The van der Waals surface area contributed by atoms with Gasteiger partial charge < -0.3 is 121 Å². The summed E-state index contributed by atoms with van der Waals surface area (Å²) in [5.41, 5.74) is -16.2. The minimum Gasteiger partial charge on any atom is -0.394 e. The van der Waals surface area contributed by atoms with E-state index in [0.717, 1.165) is 0 Å². The molecule has 0 radical (unpaired) electrons. The molecule has 0 aromatic carbocycles. The van der Waals surface area contributed by atoms with Crippen LogP contribution in [-0.4, -0.2) is 270 Å². The predicted octanol–water partition coefficient (Wildman–Crippen LogP) is -10.3. The molecule has 28 nitrogen and oxygen atoms in total. The number of hydrogen-bond acceptors (Lipinski definition) is 28. The SMILES string of the molecule is C=CCCCC(CC(C(C(C)[C@@]1(O)O[C@H](CO)[C@@H](O)[C@H](O)[C@@]1(O)C(C)=O)[C@@]1(O)O[C@H](CO)[C@@H](O)[C@H](O)[C@@]1(O)C(C)=O)[C@@]1(O)O[C@H](CO)[C@@H](O)[C@H](O)[C@@]1(O)C(C)=O)[C@@]1(O)O[C@H](CO)[C@@H](O)[C@H](O)[C@@]1(O)C(C)=O. The van der Waals surface area contributed by atoms with E-state index in [1.165, 1.54) is 6.08 Å². The molecule has 24 atom stereocenters. The number of Topliss-reactive ketones (excluding diaryl/α,β-unsaturated/α-hetero) is 4. The molecule has 4 fully saturated rings. The van der Waals surface area contributed by atoms with Crippen molar-refractivity contribution in [3.63, 3.8) is 0 Å². The molecule has 4 aliphatic rings. The third-order valence-electron chi connectivity index (χ3n) is 15.5. The van der Waals surface area contributed by atoms with Crippen molar-refractivity contribution in [2.24, 2.45) is 23.7 Å². The van der Waals surface area contributed by atoms with E-state index in [1.54, 1.807) is 0 Å². The van der Waals surface area contributed by atoms with Gasteiger partial charge in [0.1, 0.15) is 73.2 Å². The van der Waals surface area contributed by atoms with Crippen LogP contribution in [0.25, 0.3) is 0 Å². The van der Waals surface area contributed by atoms with E-state index in [1.807, 2.05) is 0 Å². The summed E-state index contributed by atoms with van der Waals surface area (Å²) in [5, 5.41) is 234. The van der Waals surface area contributed by atoms with Crippen LogP contribution in [0.2, 0.25) is 0 Å². The van der Waals surface area contributed by atoms with Gasteiger partial charge in [0.2, 0.25) is 45.6 Å². The maximum absolute atomic E-state index is 14.0. The number of carbonyl (C=O) groups is 4. The van der Waals surface area contributed by atoms with Crippen molar-refractivity contribution in [2.45, 2.75) is 179 Å². The Hall–Kier alpha value is -2.54. The summed E-state index contributed by atoms with van der Waals surface area (Å²) < 4.78 is 22.6. The fourth-order valence-corrected chi connectivity index (χ4v) is 11.2. The van der Waals surface area contributed by atoms with E-state index in [4.69, 9.17) is 18.9 Å². The molecule has 0 aliphatic carbocycles. The van der Waals surface area contributed by atoms with Crippen molar-refractivity contribution in [1.29, 1.82) is 0 Å². The minimum atomic E-state index is -4.43. The second kappa shape index (κ2) is 21.2. The normalized spacial score (nSPS) is 48.0. The highest BCUT2D eigenvalue weighted by atomic mass is 16.7. The van der Waals surface area contributed by atoms with Crippen LogP contribution < -0.4 is 0 Å². The largest absolute Gasteiger partial charge is 0.394 e. The maximum atomic E-state index is 14.0. The Morgan fingerprint density at radius 1 is 0.493 bits per heavy atom. The minimum absolute atomic E-state index is 0.110. The van der Waals surface area contributed by atoms with Crippen LogP contribution in [0.15, 0.2) is 12.7 Å². The second-order valence-electron chi connectivity index (χ2n) is 19.2. The van der Waals surface area contributed by atoms with E-state index >= 15 is 0 Å². The highest BCUT2D eigenvalue weighted by Gasteiger charge is 2.80. The number of ether oxygens (including phenoxy) is 4. The van der Waals surface area contributed by atoms with Gasteiger partial charge in [-0.25, -0.2) is 0 Å². The van der Waals surface area contributed by atoms with Crippen LogP contribution in [0, 0.1) is 23.7 Å². The van der Waals surface area contributed by atoms with Gasteiger partial charge in [0.15, 0.2) is 23.1 Å². The summed E-state index contributed by atoms with van der Waals surface area (Å²) in [7, 11) is 0.